The van der Waals surface area contributed by atoms with Gasteiger partial charge in [0.1, 0.15) is 5.75 Å². The van der Waals surface area contributed by atoms with Gasteiger partial charge in [-0.25, -0.2) is 0 Å². The second kappa shape index (κ2) is 6.31. The minimum atomic E-state index is -4.65. The highest BCUT2D eigenvalue weighted by Crippen LogP contribution is 2.23. The highest BCUT2D eigenvalue weighted by Gasteiger charge is 2.30. The number of ether oxygens (including phenoxy) is 1. The molecule has 0 saturated heterocycles. The van der Waals surface area contributed by atoms with E-state index in [1.807, 2.05) is 13.0 Å². The average molecular weight is 287 g/mol. The van der Waals surface area contributed by atoms with Gasteiger partial charge in [-0.1, -0.05) is 23.8 Å². The molecule has 0 aliphatic heterocycles. The Morgan fingerprint density at radius 1 is 1.15 bits per heavy atom. The lowest BCUT2D eigenvalue weighted by atomic mass is 10.1. The van der Waals surface area contributed by atoms with Crippen LogP contribution in [0.15, 0.2) is 29.8 Å². The SMILES string of the molecule is CC(=Cc1ccc(OC(F)(F)F)cc1)CNC(C)(C)C. The largest absolute Gasteiger partial charge is 0.573 e. The Morgan fingerprint density at radius 3 is 2.15 bits per heavy atom. The number of nitrogens with one attached hydrogen (secondary N) is 1. The van der Waals surface area contributed by atoms with Gasteiger partial charge in [-0.2, -0.15) is 0 Å². The summed E-state index contributed by atoms with van der Waals surface area (Å²) in [5.74, 6) is -0.208. The van der Waals surface area contributed by atoms with E-state index in [0.717, 1.165) is 17.7 Å². The first-order chi connectivity index (χ1) is 9.05. The lowest BCUT2D eigenvalue weighted by molar-refractivity contribution is -0.274. The van der Waals surface area contributed by atoms with Crippen LogP contribution in [0.4, 0.5) is 13.2 Å². The molecule has 1 aromatic rings. The molecule has 0 aromatic heterocycles. The summed E-state index contributed by atoms with van der Waals surface area (Å²) in [6.07, 6.45) is -2.72. The normalized spacial score (nSPS) is 13.4. The molecular formula is C15H20F3NO. The van der Waals surface area contributed by atoms with E-state index >= 15 is 0 Å². The molecule has 2 nitrogen and oxygen atoms in total. The smallest absolute Gasteiger partial charge is 0.406 e. The van der Waals surface area contributed by atoms with Crippen molar-refractivity contribution in [1.82, 2.24) is 5.32 Å². The highest BCUT2D eigenvalue weighted by atomic mass is 19.4. The molecule has 1 N–H and O–H groups in total. The van der Waals surface area contributed by atoms with Crippen LogP contribution in [-0.2, 0) is 0 Å². The van der Waals surface area contributed by atoms with Crippen LogP contribution in [-0.4, -0.2) is 18.4 Å². The molecule has 0 aliphatic rings. The van der Waals surface area contributed by atoms with Gasteiger partial charge >= 0.3 is 6.36 Å². The van der Waals surface area contributed by atoms with Crippen molar-refractivity contribution in [3.8, 4) is 5.75 Å². The molecule has 20 heavy (non-hydrogen) atoms. The van der Waals surface area contributed by atoms with Gasteiger partial charge in [0.15, 0.2) is 0 Å². The first-order valence-corrected chi connectivity index (χ1v) is 6.33. The van der Waals surface area contributed by atoms with Gasteiger partial charge in [-0.05, 0) is 45.4 Å². The molecule has 112 valence electrons. The van der Waals surface area contributed by atoms with E-state index in [0.29, 0.717) is 0 Å². The Kier molecular flexibility index (Phi) is 5.22. The van der Waals surface area contributed by atoms with E-state index in [4.69, 9.17) is 0 Å². The molecule has 0 amide bonds. The number of hydrogen-bond donors (Lipinski definition) is 1. The number of halogens is 3. The van der Waals surface area contributed by atoms with E-state index in [9.17, 15) is 13.2 Å². The lowest BCUT2D eigenvalue weighted by Crippen LogP contribution is -2.36. The van der Waals surface area contributed by atoms with Crippen LogP contribution in [0.5, 0.6) is 5.75 Å². The van der Waals surface area contributed by atoms with Crippen LogP contribution in [0.2, 0.25) is 0 Å². The zero-order valence-electron chi connectivity index (χ0n) is 12.1. The molecule has 0 bridgehead atoms. The Morgan fingerprint density at radius 2 is 1.70 bits per heavy atom. The zero-order chi connectivity index (χ0) is 15.4. The van der Waals surface area contributed by atoms with Gasteiger partial charge in [0.25, 0.3) is 0 Å². The molecule has 0 fully saturated rings. The second-order valence-corrected chi connectivity index (χ2v) is 5.71. The molecular weight excluding hydrogens is 267 g/mol. The summed E-state index contributed by atoms with van der Waals surface area (Å²) in [7, 11) is 0. The topological polar surface area (TPSA) is 21.3 Å². The minimum Gasteiger partial charge on any atom is -0.406 e. The van der Waals surface area contributed by atoms with E-state index in [1.54, 1.807) is 12.1 Å². The summed E-state index contributed by atoms with van der Waals surface area (Å²) in [5, 5.41) is 3.34. The van der Waals surface area contributed by atoms with Crippen molar-refractivity contribution >= 4 is 6.08 Å². The number of alkyl halides is 3. The summed E-state index contributed by atoms with van der Waals surface area (Å²) < 4.78 is 39.9. The van der Waals surface area contributed by atoms with Crippen LogP contribution < -0.4 is 10.1 Å². The predicted octanol–water partition coefficient (Wildman–Crippen LogP) is 4.38. The first-order valence-electron chi connectivity index (χ1n) is 6.33. The molecule has 0 atom stereocenters. The highest BCUT2D eigenvalue weighted by molar-refractivity contribution is 5.53. The van der Waals surface area contributed by atoms with Crippen LogP contribution in [0.25, 0.3) is 6.08 Å². The first kappa shape index (κ1) is 16.6. The minimum absolute atomic E-state index is 0.0273. The monoisotopic (exact) mass is 287 g/mol. The molecule has 0 radical (unpaired) electrons. The lowest BCUT2D eigenvalue weighted by Gasteiger charge is -2.20. The van der Waals surface area contributed by atoms with Gasteiger partial charge in [0, 0.05) is 12.1 Å². The number of rotatable bonds is 4. The summed E-state index contributed by atoms with van der Waals surface area (Å²) in [5.41, 5.74) is 1.97. The van der Waals surface area contributed by atoms with E-state index in [-0.39, 0.29) is 11.3 Å². The summed E-state index contributed by atoms with van der Waals surface area (Å²) >= 11 is 0. The van der Waals surface area contributed by atoms with Crippen molar-refractivity contribution in [2.24, 2.45) is 0 Å². The van der Waals surface area contributed by atoms with Crippen LogP contribution in [0.3, 0.4) is 0 Å². The van der Waals surface area contributed by atoms with Crippen molar-refractivity contribution in [2.75, 3.05) is 6.54 Å². The number of benzene rings is 1. The van der Waals surface area contributed by atoms with Crippen molar-refractivity contribution < 1.29 is 17.9 Å². The average Bonchev–Trinajstić information content (AvgIpc) is 2.26. The Hall–Kier alpha value is -1.49. The third kappa shape index (κ3) is 7.19. The standard InChI is InChI=1S/C15H20F3NO/c1-11(10-19-14(2,3)4)9-12-5-7-13(8-6-12)20-15(16,17)18/h5-9,19H,10H2,1-4H3. The third-order valence-electron chi connectivity index (χ3n) is 2.42. The summed E-state index contributed by atoms with van der Waals surface area (Å²) in [6.45, 7) is 8.92. The van der Waals surface area contributed by atoms with Crippen LogP contribution >= 0.6 is 0 Å². The maximum Gasteiger partial charge on any atom is 0.573 e. The van der Waals surface area contributed by atoms with Gasteiger partial charge in [-0.3, -0.25) is 0 Å². The van der Waals surface area contributed by atoms with Crippen molar-refractivity contribution in [3.63, 3.8) is 0 Å². The number of hydrogen-bond acceptors (Lipinski definition) is 2. The van der Waals surface area contributed by atoms with Gasteiger partial charge in [0.2, 0.25) is 0 Å². The van der Waals surface area contributed by atoms with Crippen molar-refractivity contribution in [2.45, 2.75) is 39.6 Å². The maximum absolute atomic E-state index is 12.0. The van der Waals surface area contributed by atoms with E-state index in [1.165, 1.54) is 12.1 Å². The fourth-order valence-electron chi connectivity index (χ4n) is 1.51. The fraction of sp³-hybridized carbons (Fsp3) is 0.467. The molecule has 0 spiro atoms. The fourth-order valence-corrected chi connectivity index (χ4v) is 1.51. The quantitative estimate of drug-likeness (QED) is 0.887. The molecule has 0 aliphatic carbocycles. The van der Waals surface area contributed by atoms with Gasteiger partial charge < -0.3 is 10.1 Å². The molecule has 5 heteroatoms. The van der Waals surface area contributed by atoms with Crippen LogP contribution in [0, 0.1) is 0 Å². The van der Waals surface area contributed by atoms with Crippen LogP contribution in [0.1, 0.15) is 33.3 Å². The maximum atomic E-state index is 12.0. The predicted molar refractivity (Wildman–Crippen MR) is 74.5 cm³/mol. The van der Waals surface area contributed by atoms with Gasteiger partial charge in [-0.15, -0.1) is 13.2 Å². The van der Waals surface area contributed by atoms with Crippen molar-refractivity contribution in [1.29, 1.82) is 0 Å². The molecule has 1 aromatic carbocycles. The molecule has 1 rings (SSSR count). The van der Waals surface area contributed by atoms with Crippen molar-refractivity contribution in [3.05, 3.63) is 35.4 Å². The Balaban J connectivity index is 2.64. The Bertz CT molecular complexity index is 455. The zero-order valence-corrected chi connectivity index (χ0v) is 12.1. The second-order valence-electron chi connectivity index (χ2n) is 5.71. The third-order valence-corrected chi connectivity index (χ3v) is 2.42. The molecule has 0 unspecified atom stereocenters. The van der Waals surface area contributed by atoms with E-state index < -0.39 is 6.36 Å². The van der Waals surface area contributed by atoms with E-state index in [2.05, 4.69) is 30.8 Å². The Labute approximate surface area is 117 Å². The molecule has 0 heterocycles. The summed E-state index contributed by atoms with van der Waals surface area (Å²) in [4.78, 5) is 0. The summed E-state index contributed by atoms with van der Waals surface area (Å²) in [6, 6.07) is 5.82. The van der Waals surface area contributed by atoms with Gasteiger partial charge in [0.05, 0.1) is 0 Å². The molecule has 0 saturated carbocycles.